The summed E-state index contributed by atoms with van der Waals surface area (Å²) in [6.45, 7) is 0. The van der Waals surface area contributed by atoms with Crippen molar-refractivity contribution in [2.75, 3.05) is 0 Å². The average Bonchev–Trinajstić information content (AvgIpc) is 2.82. The molecule has 0 aliphatic carbocycles. The summed E-state index contributed by atoms with van der Waals surface area (Å²) in [7, 11) is 0. The number of halogens is 3. The fraction of sp³-hybridized carbons (Fsp3) is 0.0909. The second-order valence-corrected chi connectivity index (χ2v) is 7.97. The van der Waals surface area contributed by atoms with Crippen molar-refractivity contribution in [2.45, 2.75) is 12.8 Å². The largest absolute Gasteiger partial charge is 0.434 e. The van der Waals surface area contributed by atoms with E-state index in [2.05, 4.69) is 15.3 Å². The minimum absolute atomic E-state index is 0.00126. The van der Waals surface area contributed by atoms with Crippen LogP contribution in [0.5, 0.6) is 11.6 Å². The maximum atomic E-state index is 13.1. The number of ether oxygens (including phenoxy) is 1. The van der Waals surface area contributed by atoms with Crippen LogP contribution < -0.4 is 21.5 Å². The van der Waals surface area contributed by atoms with Crippen LogP contribution in [0.3, 0.4) is 0 Å². The molecule has 0 amide bonds. The van der Waals surface area contributed by atoms with Gasteiger partial charge in [-0.1, -0.05) is 35.3 Å². The van der Waals surface area contributed by atoms with Crippen LogP contribution in [0.15, 0.2) is 56.8 Å². The first-order valence-electron chi connectivity index (χ1n) is 9.89. The summed E-state index contributed by atoms with van der Waals surface area (Å²) in [5.74, 6) is -0.363. The number of nitriles is 1. The van der Waals surface area contributed by atoms with Gasteiger partial charge >= 0.3 is 5.69 Å². The van der Waals surface area contributed by atoms with Crippen LogP contribution in [-0.4, -0.2) is 25.0 Å². The van der Waals surface area contributed by atoms with Crippen molar-refractivity contribution < 1.29 is 9.13 Å². The average molecular weight is 515 g/mol. The molecule has 0 radical (unpaired) electrons. The van der Waals surface area contributed by atoms with Crippen molar-refractivity contribution in [3.8, 4) is 23.4 Å². The first-order valence-corrected chi connectivity index (χ1v) is 10.6. The Morgan fingerprint density at radius 3 is 2.37 bits per heavy atom. The molecule has 176 valence electrons. The Labute approximate surface area is 205 Å². The maximum absolute atomic E-state index is 13.1. The van der Waals surface area contributed by atoms with Gasteiger partial charge in [0.1, 0.15) is 11.9 Å². The number of rotatable bonds is 6. The standard InChI is InChI=1S/C22H13Cl2FN6O4/c23-15-8-14(31-22(34)27-21(33)17(10-26)30-31)9-16(24)19(15)35-18-7-12(20(32)29-28-18)4-1-11-2-5-13(25)6-3-11/h2-3,5-9H,1,4H2,(H,29,32)(H,27,33,34). The van der Waals surface area contributed by atoms with Crippen LogP contribution in [0.25, 0.3) is 5.69 Å². The second kappa shape index (κ2) is 9.92. The molecular formula is C22H13Cl2FN6O4. The molecule has 4 rings (SSSR count). The Bertz CT molecular complexity index is 1620. The third-order valence-corrected chi connectivity index (χ3v) is 5.38. The van der Waals surface area contributed by atoms with E-state index in [4.69, 9.17) is 33.2 Å². The zero-order valence-electron chi connectivity index (χ0n) is 17.5. The highest BCUT2D eigenvalue weighted by Crippen LogP contribution is 2.37. The summed E-state index contributed by atoms with van der Waals surface area (Å²) in [4.78, 5) is 37.8. The molecule has 2 aromatic carbocycles. The van der Waals surface area contributed by atoms with E-state index >= 15 is 0 Å². The SMILES string of the molecule is N#Cc1nn(-c2cc(Cl)c(Oc3cc(CCc4ccc(F)cc4)c(=O)[nH]n3)c(Cl)c2)c(=O)[nH]c1=O. The van der Waals surface area contributed by atoms with Gasteiger partial charge in [0, 0.05) is 11.6 Å². The Balaban J connectivity index is 1.60. The Morgan fingerprint density at radius 1 is 1.03 bits per heavy atom. The summed E-state index contributed by atoms with van der Waals surface area (Å²) in [5, 5.41) is 18.8. The number of benzene rings is 2. The number of hydrogen-bond acceptors (Lipinski definition) is 7. The monoisotopic (exact) mass is 514 g/mol. The first kappa shape index (κ1) is 23.9. The summed E-state index contributed by atoms with van der Waals surface area (Å²) >= 11 is 12.6. The van der Waals surface area contributed by atoms with Crippen LogP contribution in [0, 0.1) is 17.1 Å². The molecule has 0 atom stereocenters. The minimum Gasteiger partial charge on any atom is -0.434 e. The van der Waals surface area contributed by atoms with E-state index in [1.165, 1.54) is 30.3 Å². The summed E-state index contributed by atoms with van der Waals surface area (Å²) in [6, 6.07) is 11.5. The van der Waals surface area contributed by atoms with Crippen LogP contribution in [0.1, 0.15) is 16.8 Å². The van der Waals surface area contributed by atoms with Gasteiger partial charge in [-0.15, -0.1) is 10.2 Å². The first-order chi connectivity index (χ1) is 16.7. The van der Waals surface area contributed by atoms with Crippen LogP contribution in [0.4, 0.5) is 4.39 Å². The van der Waals surface area contributed by atoms with E-state index in [0.29, 0.717) is 18.4 Å². The van der Waals surface area contributed by atoms with Gasteiger partial charge in [0.2, 0.25) is 11.6 Å². The number of nitrogens with zero attached hydrogens (tertiary/aromatic N) is 4. The molecular weight excluding hydrogens is 502 g/mol. The highest BCUT2D eigenvalue weighted by Gasteiger charge is 2.16. The van der Waals surface area contributed by atoms with Crippen molar-refractivity contribution >= 4 is 23.2 Å². The number of aromatic amines is 2. The van der Waals surface area contributed by atoms with Gasteiger partial charge in [-0.2, -0.15) is 9.94 Å². The summed E-state index contributed by atoms with van der Waals surface area (Å²) in [5.41, 5.74) is -1.48. The number of H-pyrrole nitrogens is 2. The van der Waals surface area contributed by atoms with Crippen LogP contribution >= 0.6 is 23.2 Å². The predicted octanol–water partition coefficient (Wildman–Crippen LogP) is 2.90. The molecule has 2 N–H and O–H groups in total. The zero-order valence-corrected chi connectivity index (χ0v) is 19.0. The molecule has 0 unspecified atom stereocenters. The normalized spacial score (nSPS) is 10.7. The van der Waals surface area contributed by atoms with Crippen molar-refractivity contribution in [3.63, 3.8) is 0 Å². The lowest BCUT2D eigenvalue weighted by Gasteiger charge is -2.12. The van der Waals surface area contributed by atoms with Crippen molar-refractivity contribution in [1.29, 1.82) is 5.26 Å². The van der Waals surface area contributed by atoms with Gasteiger partial charge in [-0.25, -0.2) is 14.3 Å². The van der Waals surface area contributed by atoms with Gasteiger partial charge in [-0.05, 0) is 42.7 Å². The zero-order chi connectivity index (χ0) is 25.1. The summed E-state index contributed by atoms with van der Waals surface area (Å²) < 4.78 is 19.5. The van der Waals surface area contributed by atoms with E-state index in [-0.39, 0.29) is 33.2 Å². The predicted molar refractivity (Wildman–Crippen MR) is 124 cm³/mol. The Hall–Kier alpha value is -4.27. The van der Waals surface area contributed by atoms with E-state index in [1.54, 1.807) is 18.2 Å². The molecule has 13 heteroatoms. The molecule has 2 aromatic heterocycles. The molecule has 0 fully saturated rings. The lowest BCUT2D eigenvalue weighted by molar-refractivity contribution is 0.453. The third-order valence-electron chi connectivity index (χ3n) is 4.82. The second-order valence-electron chi connectivity index (χ2n) is 7.16. The van der Waals surface area contributed by atoms with Crippen molar-refractivity contribution in [1.82, 2.24) is 25.0 Å². The van der Waals surface area contributed by atoms with Crippen LogP contribution in [-0.2, 0) is 12.8 Å². The molecule has 2 heterocycles. The van der Waals surface area contributed by atoms with Gasteiger partial charge in [-0.3, -0.25) is 14.6 Å². The minimum atomic E-state index is -0.926. The highest BCUT2D eigenvalue weighted by molar-refractivity contribution is 6.37. The fourth-order valence-corrected chi connectivity index (χ4v) is 3.66. The van der Waals surface area contributed by atoms with E-state index < -0.39 is 22.5 Å². The highest BCUT2D eigenvalue weighted by atomic mass is 35.5. The molecule has 35 heavy (non-hydrogen) atoms. The molecule has 0 spiro atoms. The molecule has 0 aliphatic heterocycles. The lowest BCUT2D eigenvalue weighted by atomic mass is 10.1. The molecule has 0 bridgehead atoms. The van der Waals surface area contributed by atoms with Gasteiger partial charge < -0.3 is 4.74 Å². The van der Waals surface area contributed by atoms with Crippen molar-refractivity contribution in [3.05, 3.63) is 106 Å². The molecule has 0 saturated carbocycles. The number of aryl methyl sites for hydroxylation is 2. The Morgan fingerprint density at radius 2 is 1.71 bits per heavy atom. The fourth-order valence-electron chi connectivity index (χ4n) is 3.11. The van der Waals surface area contributed by atoms with E-state index in [1.807, 2.05) is 4.98 Å². The van der Waals surface area contributed by atoms with E-state index in [9.17, 15) is 18.8 Å². The van der Waals surface area contributed by atoms with Crippen LogP contribution in [0.2, 0.25) is 10.0 Å². The third kappa shape index (κ3) is 5.29. The van der Waals surface area contributed by atoms with E-state index in [0.717, 1.165) is 10.2 Å². The Kier molecular flexibility index (Phi) is 6.77. The summed E-state index contributed by atoms with van der Waals surface area (Å²) in [6.07, 6.45) is 0.816. The van der Waals surface area contributed by atoms with Gasteiger partial charge in [0.05, 0.1) is 15.7 Å². The smallest absolute Gasteiger partial charge is 0.349 e. The number of nitrogens with one attached hydrogen (secondary N) is 2. The molecule has 10 nitrogen and oxygen atoms in total. The van der Waals surface area contributed by atoms with Crippen molar-refractivity contribution in [2.24, 2.45) is 0 Å². The molecule has 0 saturated heterocycles. The quantitative estimate of drug-likeness (QED) is 0.402. The lowest BCUT2D eigenvalue weighted by Crippen LogP contribution is -2.33. The maximum Gasteiger partial charge on any atom is 0.349 e. The molecule has 4 aromatic rings. The van der Waals surface area contributed by atoms with Gasteiger partial charge in [0.15, 0.2) is 5.75 Å². The topological polar surface area (TPSA) is 147 Å². The van der Waals surface area contributed by atoms with Gasteiger partial charge in [0.25, 0.3) is 11.1 Å². The number of hydrogen-bond donors (Lipinski definition) is 2. The number of aromatic nitrogens is 5. The molecule has 0 aliphatic rings.